The van der Waals surface area contributed by atoms with Gasteiger partial charge in [-0.15, -0.1) is 0 Å². The molecule has 3 atom stereocenters. The Bertz CT molecular complexity index is 799. The van der Waals surface area contributed by atoms with E-state index in [0.717, 1.165) is 5.56 Å². The quantitative estimate of drug-likeness (QED) is 0.841. The molecule has 0 saturated carbocycles. The number of aromatic nitrogens is 2. The summed E-state index contributed by atoms with van der Waals surface area (Å²) in [5.41, 5.74) is 0.503. The molecule has 0 bridgehead atoms. The molecule has 0 aliphatic carbocycles. The summed E-state index contributed by atoms with van der Waals surface area (Å²) in [5.74, 6) is 0. The summed E-state index contributed by atoms with van der Waals surface area (Å²) in [5, 5.41) is 9.52. The van der Waals surface area contributed by atoms with Crippen LogP contribution in [0.15, 0.2) is 46.1 Å². The second-order valence-corrected chi connectivity index (χ2v) is 5.86. The lowest BCUT2D eigenvalue weighted by atomic mass is 10.1. The summed E-state index contributed by atoms with van der Waals surface area (Å²) in [6.45, 7) is 1.82. The summed E-state index contributed by atoms with van der Waals surface area (Å²) in [6, 6.07) is 9.70. The van der Waals surface area contributed by atoms with Crippen molar-refractivity contribution in [1.29, 1.82) is 0 Å². The number of aromatic amines is 1. The minimum Gasteiger partial charge on any atom is -0.394 e. The number of aliphatic hydroxyl groups is 1. The zero-order valence-corrected chi connectivity index (χ0v) is 13.3. The first-order valence-corrected chi connectivity index (χ1v) is 7.82. The van der Waals surface area contributed by atoms with Gasteiger partial charge < -0.3 is 14.6 Å². The first kappa shape index (κ1) is 16.6. The molecule has 1 aromatic carbocycles. The molecule has 1 fully saturated rings. The maximum absolute atomic E-state index is 12.0. The fraction of sp³-hybridized carbons (Fsp3) is 0.412. The second kappa shape index (κ2) is 7.12. The van der Waals surface area contributed by atoms with E-state index in [1.54, 1.807) is 6.92 Å². The number of ether oxygens (including phenoxy) is 2. The Hall–Kier alpha value is -2.22. The van der Waals surface area contributed by atoms with E-state index in [0.29, 0.717) is 18.6 Å². The molecule has 0 radical (unpaired) electrons. The van der Waals surface area contributed by atoms with Gasteiger partial charge in [-0.25, -0.2) is 4.79 Å². The minimum atomic E-state index is -0.578. The average Bonchev–Trinajstić information content (AvgIpc) is 3.00. The van der Waals surface area contributed by atoms with Crippen molar-refractivity contribution in [3.8, 4) is 0 Å². The van der Waals surface area contributed by atoms with E-state index < -0.39 is 23.6 Å². The molecule has 1 aliphatic heterocycles. The standard InChI is InChI=1S/C17H20N2O5/c1-11-8-19(17(22)18-16(11)21)15-7-13(14(9-20)24-15)23-10-12-5-3-2-4-6-12/h2-6,8,13-15,20H,7,9-10H2,1H3,(H,18,21,22). The van der Waals surface area contributed by atoms with Gasteiger partial charge in [0.1, 0.15) is 12.3 Å². The van der Waals surface area contributed by atoms with Crippen LogP contribution >= 0.6 is 0 Å². The zero-order chi connectivity index (χ0) is 17.1. The monoisotopic (exact) mass is 332 g/mol. The van der Waals surface area contributed by atoms with E-state index >= 15 is 0 Å². The SMILES string of the molecule is Cc1cn(C2CC(OCc3ccccc3)C(CO)O2)c(=O)[nH]c1=O. The van der Waals surface area contributed by atoms with E-state index in [9.17, 15) is 14.7 Å². The maximum atomic E-state index is 12.0. The Morgan fingerprint density at radius 2 is 2.08 bits per heavy atom. The number of rotatable bonds is 5. The molecule has 2 heterocycles. The third kappa shape index (κ3) is 3.48. The number of H-pyrrole nitrogens is 1. The normalized spacial score (nSPS) is 23.5. The third-order valence-electron chi connectivity index (χ3n) is 4.12. The summed E-state index contributed by atoms with van der Waals surface area (Å²) < 4.78 is 12.9. The van der Waals surface area contributed by atoms with Crippen molar-refractivity contribution in [3.05, 3.63) is 68.5 Å². The number of nitrogens with zero attached hydrogens (tertiary/aromatic N) is 1. The van der Waals surface area contributed by atoms with Crippen molar-refractivity contribution < 1.29 is 14.6 Å². The van der Waals surface area contributed by atoms with Crippen LogP contribution in [0.2, 0.25) is 0 Å². The topological polar surface area (TPSA) is 93.6 Å². The van der Waals surface area contributed by atoms with Crippen LogP contribution < -0.4 is 11.2 Å². The summed E-state index contributed by atoms with van der Waals surface area (Å²) in [6.07, 6.45) is 0.465. The second-order valence-electron chi connectivity index (χ2n) is 5.86. The molecule has 1 aliphatic rings. The van der Waals surface area contributed by atoms with E-state index in [2.05, 4.69) is 4.98 Å². The molecule has 2 aromatic rings. The number of hydrogen-bond acceptors (Lipinski definition) is 5. The molecule has 0 amide bonds. The predicted octanol–water partition coefficient (Wildman–Crippen LogP) is 0.710. The molecular weight excluding hydrogens is 312 g/mol. The van der Waals surface area contributed by atoms with Gasteiger partial charge in [0.25, 0.3) is 5.56 Å². The Kier molecular flexibility index (Phi) is 4.94. The predicted molar refractivity (Wildman–Crippen MR) is 86.7 cm³/mol. The molecule has 1 aromatic heterocycles. The first-order valence-electron chi connectivity index (χ1n) is 7.82. The number of benzene rings is 1. The van der Waals surface area contributed by atoms with Gasteiger partial charge in [-0.05, 0) is 12.5 Å². The van der Waals surface area contributed by atoms with Crippen LogP contribution in [-0.4, -0.2) is 33.5 Å². The van der Waals surface area contributed by atoms with Crippen molar-refractivity contribution in [1.82, 2.24) is 9.55 Å². The molecule has 24 heavy (non-hydrogen) atoms. The highest BCUT2D eigenvalue weighted by atomic mass is 16.6. The van der Waals surface area contributed by atoms with Crippen LogP contribution in [0.1, 0.15) is 23.8 Å². The van der Waals surface area contributed by atoms with Gasteiger partial charge in [0.2, 0.25) is 0 Å². The molecule has 7 heteroatoms. The molecule has 7 nitrogen and oxygen atoms in total. The van der Waals surface area contributed by atoms with Crippen LogP contribution in [0, 0.1) is 6.92 Å². The molecule has 128 valence electrons. The molecule has 2 N–H and O–H groups in total. The van der Waals surface area contributed by atoms with Gasteiger partial charge in [0, 0.05) is 18.2 Å². The van der Waals surface area contributed by atoms with Gasteiger partial charge in [0.05, 0.1) is 19.3 Å². The lowest BCUT2D eigenvalue weighted by Crippen LogP contribution is -2.33. The third-order valence-corrected chi connectivity index (χ3v) is 4.12. The molecule has 3 unspecified atom stereocenters. The minimum absolute atomic E-state index is 0.201. The Morgan fingerprint density at radius 1 is 1.33 bits per heavy atom. The fourth-order valence-corrected chi connectivity index (χ4v) is 2.79. The van der Waals surface area contributed by atoms with Crippen LogP contribution in [0.4, 0.5) is 0 Å². The summed E-state index contributed by atoms with van der Waals surface area (Å²) in [4.78, 5) is 25.7. The lowest BCUT2D eigenvalue weighted by molar-refractivity contribution is -0.0658. The van der Waals surface area contributed by atoms with Crippen molar-refractivity contribution in [2.45, 2.75) is 38.4 Å². The highest BCUT2D eigenvalue weighted by molar-refractivity contribution is 5.13. The van der Waals surface area contributed by atoms with Gasteiger partial charge in [0.15, 0.2) is 0 Å². The largest absolute Gasteiger partial charge is 0.394 e. The highest BCUT2D eigenvalue weighted by Crippen LogP contribution is 2.30. The first-order chi connectivity index (χ1) is 11.6. The Labute approximate surface area is 138 Å². The molecule has 3 rings (SSSR count). The van der Waals surface area contributed by atoms with E-state index in [1.165, 1.54) is 10.8 Å². The van der Waals surface area contributed by atoms with Gasteiger partial charge in [-0.3, -0.25) is 14.3 Å². The van der Waals surface area contributed by atoms with Crippen LogP contribution in [0.3, 0.4) is 0 Å². The highest BCUT2D eigenvalue weighted by Gasteiger charge is 2.37. The van der Waals surface area contributed by atoms with Crippen molar-refractivity contribution >= 4 is 0 Å². The summed E-state index contributed by atoms with van der Waals surface area (Å²) >= 11 is 0. The van der Waals surface area contributed by atoms with Gasteiger partial charge in [-0.1, -0.05) is 30.3 Å². The van der Waals surface area contributed by atoms with E-state index in [1.807, 2.05) is 30.3 Å². The molecular formula is C17H20N2O5. The van der Waals surface area contributed by atoms with Gasteiger partial charge >= 0.3 is 5.69 Å². The van der Waals surface area contributed by atoms with Gasteiger partial charge in [-0.2, -0.15) is 0 Å². The van der Waals surface area contributed by atoms with Crippen molar-refractivity contribution in [2.24, 2.45) is 0 Å². The van der Waals surface area contributed by atoms with Crippen molar-refractivity contribution in [3.63, 3.8) is 0 Å². The molecule has 1 saturated heterocycles. The summed E-state index contributed by atoms with van der Waals surface area (Å²) in [7, 11) is 0. The Morgan fingerprint density at radius 3 is 2.79 bits per heavy atom. The van der Waals surface area contributed by atoms with Crippen LogP contribution in [-0.2, 0) is 16.1 Å². The average molecular weight is 332 g/mol. The zero-order valence-electron chi connectivity index (χ0n) is 13.3. The Balaban J connectivity index is 1.73. The van der Waals surface area contributed by atoms with Crippen LogP contribution in [0.5, 0.6) is 0 Å². The number of aryl methyl sites for hydroxylation is 1. The maximum Gasteiger partial charge on any atom is 0.330 e. The number of nitrogens with one attached hydrogen (secondary N) is 1. The van der Waals surface area contributed by atoms with Crippen molar-refractivity contribution in [2.75, 3.05) is 6.61 Å². The smallest absolute Gasteiger partial charge is 0.330 e. The lowest BCUT2D eigenvalue weighted by Gasteiger charge is -2.16. The van der Waals surface area contributed by atoms with E-state index in [4.69, 9.17) is 9.47 Å². The van der Waals surface area contributed by atoms with E-state index in [-0.39, 0.29) is 12.7 Å². The number of hydrogen-bond donors (Lipinski definition) is 2. The van der Waals surface area contributed by atoms with Crippen LogP contribution in [0.25, 0.3) is 0 Å². The molecule has 0 spiro atoms. The number of aliphatic hydroxyl groups excluding tert-OH is 1. The fourth-order valence-electron chi connectivity index (χ4n) is 2.79.